The number of thioether (sulfide) groups is 1. The lowest BCUT2D eigenvalue weighted by Gasteiger charge is -2.17. The molecule has 2 nitrogen and oxygen atoms in total. The molecule has 0 saturated carbocycles. The standard InChI is InChI=1S/C13H18BrNOS/c1-3-15(4-2)7-8-17-12-6-5-11(10-16)13(14)9-12/h5-6,9-10H,3-4,7-8H2,1-2H3. The van der Waals surface area contributed by atoms with E-state index in [-0.39, 0.29) is 0 Å². The Labute approximate surface area is 116 Å². The molecule has 1 aromatic carbocycles. The Balaban J connectivity index is 2.47. The van der Waals surface area contributed by atoms with E-state index in [1.165, 1.54) is 4.90 Å². The van der Waals surface area contributed by atoms with Crippen molar-refractivity contribution in [2.75, 3.05) is 25.4 Å². The SMILES string of the molecule is CCN(CC)CCSc1ccc(C=O)c(Br)c1. The maximum Gasteiger partial charge on any atom is 0.151 e. The van der Waals surface area contributed by atoms with E-state index in [4.69, 9.17) is 0 Å². The molecule has 0 atom stereocenters. The van der Waals surface area contributed by atoms with Crippen molar-refractivity contribution in [2.45, 2.75) is 18.7 Å². The molecule has 0 spiro atoms. The Kier molecular flexibility index (Phi) is 6.85. The molecule has 1 rings (SSSR count). The van der Waals surface area contributed by atoms with Gasteiger partial charge in [0.05, 0.1) is 0 Å². The number of nitrogens with zero attached hydrogens (tertiary/aromatic N) is 1. The summed E-state index contributed by atoms with van der Waals surface area (Å²) in [6, 6.07) is 5.87. The Morgan fingerprint density at radius 2 is 2.06 bits per heavy atom. The predicted molar refractivity (Wildman–Crippen MR) is 78.0 cm³/mol. The molecular formula is C13H18BrNOS. The third kappa shape index (κ3) is 4.82. The van der Waals surface area contributed by atoms with Gasteiger partial charge in [-0.05, 0) is 31.3 Å². The van der Waals surface area contributed by atoms with Crippen molar-refractivity contribution >= 4 is 34.0 Å². The highest BCUT2D eigenvalue weighted by atomic mass is 79.9. The Morgan fingerprint density at radius 3 is 2.59 bits per heavy atom. The minimum atomic E-state index is 0.707. The summed E-state index contributed by atoms with van der Waals surface area (Å²) in [6.45, 7) is 7.67. The average Bonchev–Trinajstić information content (AvgIpc) is 2.35. The predicted octanol–water partition coefficient (Wildman–Crippen LogP) is 3.70. The summed E-state index contributed by atoms with van der Waals surface area (Å²) in [5.41, 5.74) is 0.707. The fourth-order valence-electron chi connectivity index (χ4n) is 1.53. The molecule has 1 aromatic rings. The quantitative estimate of drug-likeness (QED) is 0.565. The van der Waals surface area contributed by atoms with Gasteiger partial charge in [0.25, 0.3) is 0 Å². The number of aldehydes is 1. The first-order valence-corrected chi connectivity index (χ1v) is 7.59. The van der Waals surface area contributed by atoms with Gasteiger partial charge in [0, 0.05) is 27.2 Å². The second-order valence-electron chi connectivity index (χ2n) is 3.68. The fourth-order valence-corrected chi connectivity index (χ4v) is 3.10. The van der Waals surface area contributed by atoms with E-state index in [0.29, 0.717) is 5.56 Å². The molecular weight excluding hydrogens is 298 g/mol. The summed E-state index contributed by atoms with van der Waals surface area (Å²) < 4.78 is 0.875. The summed E-state index contributed by atoms with van der Waals surface area (Å²) in [6.07, 6.45) is 0.869. The molecule has 0 aliphatic heterocycles. The number of carbonyl (C=O) groups excluding carboxylic acids is 1. The summed E-state index contributed by atoms with van der Waals surface area (Å²) in [7, 11) is 0. The molecule has 0 radical (unpaired) electrons. The van der Waals surface area contributed by atoms with Crippen LogP contribution in [0.5, 0.6) is 0 Å². The molecule has 0 fully saturated rings. The van der Waals surface area contributed by atoms with Gasteiger partial charge in [0.15, 0.2) is 6.29 Å². The Morgan fingerprint density at radius 1 is 1.35 bits per heavy atom. The number of halogens is 1. The van der Waals surface area contributed by atoms with Crippen molar-refractivity contribution in [3.05, 3.63) is 28.2 Å². The van der Waals surface area contributed by atoms with E-state index in [2.05, 4.69) is 34.7 Å². The van der Waals surface area contributed by atoms with E-state index in [1.807, 2.05) is 30.0 Å². The summed E-state index contributed by atoms with van der Waals surface area (Å²) in [5.74, 6) is 1.08. The number of hydrogen-bond donors (Lipinski definition) is 0. The van der Waals surface area contributed by atoms with E-state index in [0.717, 1.165) is 36.1 Å². The van der Waals surface area contributed by atoms with Crippen LogP contribution in [-0.2, 0) is 0 Å². The average molecular weight is 316 g/mol. The van der Waals surface area contributed by atoms with Gasteiger partial charge in [-0.2, -0.15) is 0 Å². The number of carbonyl (C=O) groups is 1. The van der Waals surface area contributed by atoms with Crippen molar-refractivity contribution < 1.29 is 4.79 Å². The molecule has 0 saturated heterocycles. The zero-order valence-electron chi connectivity index (χ0n) is 10.3. The topological polar surface area (TPSA) is 20.3 Å². The molecule has 0 N–H and O–H groups in total. The highest BCUT2D eigenvalue weighted by Crippen LogP contribution is 2.24. The molecule has 4 heteroatoms. The van der Waals surface area contributed by atoms with E-state index < -0.39 is 0 Å². The van der Waals surface area contributed by atoms with Crippen molar-refractivity contribution in [3.8, 4) is 0 Å². The number of benzene rings is 1. The van der Waals surface area contributed by atoms with Crippen molar-refractivity contribution in [2.24, 2.45) is 0 Å². The smallest absolute Gasteiger partial charge is 0.151 e. The van der Waals surface area contributed by atoms with Crippen LogP contribution in [0.2, 0.25) is 0 Å². The van der Waals surface area contributed by atoms with Gasteiger partial charge in [0.2, 0.25) is 0 Å². The van der Waals surface area contributed by atoms with Crippen LogP contribution in [0.3, 0.4) is 0 Å². The highest BCUT2D eigenvalue weighted by Gasteiger charge is 2.02. The Hall–Kier alpha value is -0.320. The summed E-state index contributed by atoms with van der Waals surface area (Å²) in [4.78, 5) is 14.3. The van der Waals surface area contributed by atoms with Crippen LogP contribution in [0, 0.1) is 0 Å². The van der Waals surface area contributed by atoms with E-state index in [9.17, 15) is 4.79 Å². The van der Waals surface area contributed by atoms with Gasteiger partial charge >= 0.3 is 0 Å². The molecule has 17 heavy (non-hydrogen) atoms. The van der Waals surface area contributed by atoms with Gasteiger partial charge in [-0.1, -0.05) is 29.8 Å². The van der Waals surface area contributed by atoms with Crippen LogP contribution in [0.4, 0.5) is 0 Å². The molecule has 0 bridgehead atoms. The van der Waals surface area contributed by atoms with Crippen molar-refractivity contribution in [1.82, 2.24) is 4.90 Å². The lowest BCUT2D eigenvalue weighted by atomic mass is 10.2. The first kappa shape index (κ1) is 14.7. The number of rotatable bonds is 7. The first-order chi connectivity index (χ1) is 8.21. The van der Waals surface area contributed by atoms with Gasteiger partial charge in [0.1, 0.15) is 0 Å². The molecule has 0 aliphatic rings. The molecule has 0 unspecified atom stereocenters. The van der Waals surface area contributed by atoms with Crippen molar-refractivity contribution in [1.29, 1.82) is 0 Å². The van der Waals surface area contributed by atoms with Gasteiger partial charge < -0.3 is 4.90 Å². The monoisotopic (exact) mass is 315 g/mol. The Bertz CT molecular complexity index is 366. The molecule has 0 aliphatic carbocycles. The van der Waals surface area contributed by atoms with Crippen molar-refractivity contribution in [3.63, 3.8) is 0 Å². The zero-order chi connectivity index (χ0) is 12.7. The first-order valence-electron chi connectivity index (χ1n) is 5.81. The van der Waals surface area contributed by atoms with E-state index >= 15 is 0 Å². The lowest BCUT2D eigenvalue weighted by Crippen LogP contribution is -2.25. The largest absolute Gasteiger partial charge is 0.303 e. The van der Waals surface area contributed by atoms with Gasteiger partial charge in [-0.25, -0.2) is 0 Å². The second-order valence-corrected chi connectivity index (χ2v) is 5.70. The lowest BCUT2D eigenvalue weighted by molar-refractivity contribution is 0.112. The maximum absolute atomic E-state index is 10.7. The third-order valence-electron chi connectivity index (χ3n) is 2.67. The number of hydrogen-bond acceptors (Lipinski definition) is 3. The van der Waals surface area contributed by atoms with Crippen LogP contribution in [0.15, 0.2) is 27.6 Å². The molecule has 0 amide bonds. The maximum atomic E-state index is 10.7. The summed E-state index contributed by atoms with van der Waals surface area (Å²) in [5, 5.41) is 0. The summed E-state index contributed by atoms with van der Waals surface area (Å²) >= 11 is 5.23. The molecule has 94 valence electrons. The normalized spacial score (nSPS) is 10.8. The molecule has 0 aromatic heterocycles. The van der Waals surface area contributed by atoms with Crippen LogP contribution >= 0.6 is 27.7 Å². The van der Waals surface area contributed by atoms with Crippen LogP contribution in [0.25, 0.3) is 0 Å². The highest BCUT2D eigenvalue weighted by molar-refractivity contribution is 9.10. The van der Waals surface area contributed by atoms with Gasteiger partial charge in [-0.15, -0.1) is 11.8 Å². The van der Waals surface area contributed by atoms with Crippen LogP contribution in [-0.4, -0.2) is 36.6 Å². The molecule has 0 heterocycles. The minimum absolute atomic E-state index is 0.707. The van der Waals surface area contributed by atoms with Crippen LogP contribution in [0.1, 0.15) is 24.2 Å². The fraction of sp³-hybridized carbons (Fsp3) is 0.462. The third-order valence-corrected chi connectivity index (χ3v) is 4.33. The zero-order valence-corrected chi connectivity index (χ0v) is 12.7. The second kappa shape index (κ2) is 7.90. The van der Waals surface area contributed by atoms with Gasteiger partial charge in [-0.3, -0.25) is 4.79 Å². The van der Waals surface area contributed by atoms with Crippen LogP contribution < -0.4 is 0 Å². The minimum Gasteiger partial charge on any atom is -0.303 e. The van der Waals surface area contributed by atoms with E-state index in [1.54, 1.807) is 0 Å².